The molecule has 280 valence electrons. The van der Waals surface area contributed by atoms with Gasteiger partial charge < -0.3 is 20.1 Å². The van der Waals surface area contributed by atoms with Crippen LogP contribution in [0.3, 0.4) is 0 Å². The summed E-state index contributed by atoms with van der Waals surface area (Å²) in [5.41, 5.74) is 3.06. The van der Waals surface area contributed by atoms with Gasteiger partial charge in [0.05, 0.1) is 22.4 Å². The number of hydrogen-bond donors (Lipinski definition) is 2. The Hall–Kier alpha value is -4.44. The standard InChI is InChI=1S/C41H49F2N7O3/c1-5-31-33(43)11-10-28-19-41(4,52)21-35(37(28)31)48-18-14-32-34(25-48)46-39(47-38(32)49-17-8-7-9-30(24-49)45-36(51)6-2)53-26-40(3)20-29(42)23-50(40)22-27-12-15-44-16-13-27/h1,6,10-13,15-16,29-30,35,52H,2,7-9,14,17-26H2,3-4H3,(H,45,51)/t29-,30?,35-,40+,41-/m1/s1. The van der Waals surface area contributed by atoms with Crippen LogP contribution in [-0.4, -0.2) is 91.9 Å². The zero-order chi connectivity index (χ0) is 37.3. The predicted molar refractivity (Wildman–Crippen MR) is 198 cm³/mol. The van der Waals surface area contributed by atoms with Crippen LogP contribution in [0.15, 0.2) is 49.3 Å². The van der Waals surface area contributed by atoms with E-state index in [1.54, 1.807) is 18.5 Å². The third kappa shape index (κ3) is 7.93. The predicted octanol–water partition coefficient (Wildman–Crippen LogP) is 4.83. The molecular weight excluding hydrogens is 676 g/mol. The molecule has 10 nitrogen and oxygen atoms in total. The van der Waals surface area contributed by atoms with Gasteiger partial charge in [-0.2, -0.15) is 9.97 Å². The topological polar surface area (TPSA) is 107 Å². The molecule has 12 heteroatoms. The molecule has 0 saturated carbocycles. The number of aliphatic hydroxyl groups is 1. The van der Waals surface area contributed by atoms with Crippen molar-refractivity contribution in [1.82, 2.24) is 30.1 Å². The van der Waals surface area contributed by atoms with Crippen LogP contribution >= 0.6 is 0 Å². The first-order valence-electron chi connectivity index (χ1n) is 18.7. The van der Waals surface area contributed by atoms with Crippen molar-refractivity contribution in [2.45, 2.75) is 101 Å². The number of carbonyl (C=O) groups excluding carboxylic acids is 1. The molecule has 2 saturated heterocycles. The molecule has 4 aliphatic rings. The minimum absolute atomic E-state index is 0.0863. The Kier molecular flexibility index (Phi) is 10.5. The molecule has 53 heavy (non-hydrogen) atoms. The van der Waals surface area contributed by atoms with Crippen LogP contribution in [0.4, 0.5) is 14.6 Å². The van der Waals surface area contributed by atoms with Crippen molar-refractivity contribution in [3.63, 3.8) is 0 Å². The summed E-state index contributed by atoms with van der Waals surface area (Å²) in [5, 5.41) is 14.5. The number of alkyl halides is 1. The first-order chi connectivity index (χ1) is 25.4. The molecule has 3 aliphatic heterocycles. The molecule has 2 N–H and O–H groups in total. The van der Waals surface area contributed by atoms with Gasteiger partial charge in [0.2, 0.25) is 5.91 Å². The molecule has 0 spiro atoms. The van der Waals surface area contributed by atoms with Gasteiger partial charge in [0, 0.05) is 82.2 Å². The quantitative estimate of drug-likeness (QED) is 0.237. The highest BCUT2D eigenvalue weighted by molar-refractivity contribution is 5.87. The average Bonchev–Trinajstić information content (AvgIpc) is 3.26. The van der Waals surface area contributed by atoms with E-state index in [4.69, 9.17) is 21.1 Å². The van der Waals surface area contributed by atoms with Crippen molar-refractivity contribution in [2.24, 2.45) is 0 Å². The first kappa shape index (κ1) is 36.9. The number of nitrogens with one attached hydrogen (secondary N) is 1. The van der Waals surface area contributed by atoms with Crippen LogP contribution in [0.25, 0.3) is 0 Å². The lowest BCUT2D eigenvalue weighted by molar-refractivity contribution is -0.117. The molecule has 2 fully saturated rings. The van der Waals surface area contributed by atoms with E-state index in [1.807, 2.05) is 26.0 Å². The van der Waals surface area contributed by atoms with Crippen molar-refractivity contribution in [3.8, 4) is 18.4 Å². The van der Waals surface area contributed by atoms with E-state index in [9.17, 15) is 9.90 Å². The van der Waals surface area contributed by atoms with Gasteiger partial charge in [0.25, 0.3) is 0 Å². The number of rotatable bonds is 9. The maximum absolute atomic E-state index is 15.1. The van der Waals surface area contributed by atoms with Crippen LogP contribution in [0.2, 0.25) is 0 Å². The minimum atomic E-state index is -1.00. The molecule has 7 rings (SSSR count). The molecule has 1 unspecified atom stereocenters. The molecule has 5 atom stereocenters. The number of fused-ring (bicyclic) bond motifs is 2. The minimum Gasteiger partial charge on any atom is -0.461 e. The summed E-state index contributed by atoms with van der Waals surface area (Å²) in [4.78, 5) is 33.1. The van der Waals surface area contributed by atoms with Crippen molar-refractivity contribution in [3.05, 3.63) is 88.6 Å². The van der Waals surface area contributed by atoms with Gasteiger partial charge in [-0.3, -0.25) is 19.6 Å². The van der Waals surface area contributed by atoms with Gasteiger partial charge in [0.15, 0.2) is 0 Å². The third-order valence-corrected chi connectivity index (χ3v) is 11.4. The van der Waals surface area contributed by atoms with Gasteiger partial charge in [-0.05, 0) is 86.9 Å². The zero-order valence-corrected chi connectivity index (χ0v) is 30.7. The number of likely N-dealkylation sites (tertiary alicyclic amines) is 1. The average molecular weight is 726 g/mol. The van der Waals surface area contributed by atoms with Crippen molar-refractivity contribution in [2.75, 3.05) is 37.7 Å². The Morgan fingerprint density at radius 3 is 2.75 bits per heavy atom. The van der Waals surface area contributed by atoms with E-state index >= 15 is 8.78 Å². The van der Waals surface area contributed by atoms with E-state index < -0.39 is 23.1 Å². The summed E-state index contributed by atoms with van der Waals surface area (Å²) < 4.78 is 36.6. The second-order valence-electron chi connectivity index (χ2n) is 15.7. The Balaban J connectivity index is 1.22. The number of anilines is 1. The number of carbonyl (C=O) groups is 1. The maximum Gasteiger partial charge on any atom is 0.318 e. The van der Waals surface area contributed by atoms with Crippen molar-refractivity contribution >= 4 is 11.7 Å². The molecule has 0 radical (unpaired) electrons. The summed E-state index contributed by atoms with van der Waals surface area (Å²) >= 11 is 0. The van der Waals surface area contributed by atoms with E-state index in [0.29, 0.717) is 58.4 Å². The maximum atomic E-state index is 15.1. The normalized spacial score (nSPS) is 27.6. The van der Waals surface area contributed by atoms with Crippen LogP contribution in [0, 0.1) is 18.2 Å². The van der Waals surface area contributed by atoms with Crippen molar-refractivity contribution in [1.29, 1.82) is 0 Å². The first-order valence-corrected chi connectivity index (χ1v) is 18.7. The number of amides is 1. The Morgan fingerprint density at radius 2 is 1.98 bits per heavy atom. The number of hydrogen-bond acceptors (Lipinski definition) is 9. The summed E-state index contributed by atoms with van der Waals surface area (Å²) in [6.45, 7) is 10.8. The van der Waals surface area contributed by atoms with Crippen LogP contribution in [-0.2, 0) is 30.7 Å². The second kappa shape index (κ2) is 15.1. The fourth-order valence-corrected chi connectivity index (χ4v) is 8.81. The second-order valence-corrected chi connectivity index (χ2v) is 15.7. The Morgan fingerprint density at radius 1 is 1.17 bits per heavy atom. The molecule has 3 aromatic rings. The SMILES string of the molecule is C#Cc1c(F)ccc2c1[C@H](N1CCc3c(nc(OC[C@]4(C)C[C@@H](F)CN4Cc4ccncc4)nc3N3CCCCC(NC(=O)C=C)C3)C1)C[C@](C)(O)C2. The number of ether oxygens (including phenoxy) is 1. The summed E-state index contributed by atoms with van der Waals surface area (Å²) in [7, 11) is 0. The molecule has 2 aromatic heterocycles. The number of terminal acetylenes is 1. The van der Waals surface area contributed by atoms with E-state index in [0.717, 1.165) is 59.6 Å². The smallest absolute Gasteiger partial charge is 0.318 e. The van der Waals surface area contributed by atoms with E-state index in [1.165, 1.54) is 12.1 Å². The monoisotopic (exact) mass is 725 g/mol. The Labute approximate surface area is 310 Å². The van der Waals surface area contributed by atoms with Gasteiger partial charge in [-0.25, -0.2) is 8.78 Å². The highest BCUT2D eigenvalue weighted by Crippen LogP contribution is 2.44. The number of halogens is 2. The molecule has 5 heterocycles. The van der Waals surface area contributed by atoms with Gasteiger partial charge >= 0.3 is 6.01 Å². The lowest BCUT2D eigenvalue weighted by Gasteiger charge is -2.44. The zero-order valence-electron chi connectivity index (χ0n) is 30.7. The molecule has 0 bridgehead atoms. The molecule has 1 aliphatic carbocycles. The molecule has 1 aromatic carbocycles. The highest BCUT2D eigenvalue weighted by atomic mass is 19.1. The number of benzene rings is 1. The van der Waals surface area contributed by atoms with Crippen LogP contribution in [0.1, 0.15) is 85.5 Å². The van der Waals surface area contributed by atoms with Gasteiger partial charge in [-0.15, -0.1) is 6.42 Å². The van der Waals surface area contributed by atoms with Crippen LogP contribution in [0.5, 0.6) is 6.01 Å². The lowest BCUT2D eigenvalue weighted by Crippen LogP contribution is -2.46. The number of nitrogens with zero attached hydrogens (tertiary/aromatic N) is 6. The fraction of sp³-hybridized carbons (Fsp3) is 0.512. The van der Waals surface area contributed by atoms with Gasteiger partial charge in [-0.1, -0.05) is 18.6 Å². The lowest BCUT2D eigenvalue weighted by atomic mass is 9.75. The number of aromatic nitrogens is 3. The van der Waals surface area contributed by atoms with Gasteiger partial charge in [0.1, 0.15) is 24.4 Å². The van der Waals surface area contributed by atoms with Crippen molar-refractivity contribution < 1.29 is 23.4 Å². The van der Waals surface area contributed by atoms with E-state index in [2.05, 4.69) is 37.5 Å². The third-order valence-electron chi connectivity index (χ3n) is 11.4. The molecule has 1 amide bonds. The summed E-state index contributed by atoms with van der Waals surface area (Å²) in [5.74, 6) is 2.71. The molecular formula is C41H49F2N7O3. The summed E-state index contributed by atoms with van der Waals surface area (Å²) in [6, 6.07) is 6.79. The summed E-state index contributed by atoms with van der Waals surface area (Å²) in [6.07, 6.45) is 14.1. The fourth-order valence-electron chi connectivity index (χ4n) is 8.81. The number of pyridine rings is 1. The van der Waals surface area contributed by atoms with Crippen LogP contribution < -0.4 is 15.0 Å². The Bertz CT molecular complexity index is 1890. The largest absolute Gasteiger partial charge is 0.461 e. The van der Waals surface area contributed by atoms with E-state index in [-0.39, 0.29) is 36.2 Å². The highest BCUT2D eigenvalue weighted by Gasteiger charge is 2.44.